The number of carbonyl (C=O) groups is 1. The van der Waals surface area contributed by atoms with E-state index in [1.807, 2.05) is 25.1 Å². The fourth-order valence-electron chi connectivity index (χ4n) is 4.31. The molecule has 4 rings (SSSR count). The fraction of sp³-hybridized carbons (Fsp3) is 0.409. The molecule has 0 unspecified atom stereocenters. The van der Waals surface area contributed by atoms with Crippen molar-refractivity contribution in [3.63, 3.8) is 0 Å². The van der Waals surface area contributed by atoms with Crippen LogP contribution in [-0.2, 0) is 16.4 Å². The van der Waals surface area contributed by atoms with Crippen molar-refractivity contribution in [3.8, 4) is 0 Å². The van der Waals surface area contributed by atoms with E-state index in [4.69, 9.17) is 0 Å². The number of benzene rings is 2. The maximum absolute atomic E-state index is 13.0. The molecule has 2 aromatic carbocycles. The minimum Gasteiger partial charge on any atom is -0.305 e. The van der Waals surface area contributed by atoms with Crippen LogP contribution in [0.2, 0.25) is 0 Å². The smallest absolute Gasteiger partial charge is 0.258 e. The van der Waals surface area contributed by atoms with Crippen molar-refractivity contribution < 1.29 is 13.2 Å². The lowest BCUT2D eigenvalue weighted by Gasteiger charge is -2.23. The van der Waals surface area contributed by atoms with Crippen LogP contribution >= 0.6 is 0 Å². The van der Waals surface area contributed by atoms with Gasteiger partial charge in [0.25, 0.3) is 5.91 Å². The van der Waals surface area contributed by atoms with Crippen molar-refractivity contribution in [2.24, 2.45) is 0 Å². The summed E-state index contributed by atoms with van der Waals surface area (Å²) < 4.78 is 28.5. The number of fused-ring (bicyclic) bond motifs is 1. The van der Waals surface area contributed by atoms with Crippen LogP contribution < -0.4 is 9.62 Å². The molecule has 1 fully saturated rings. The van der Waals surface area contributed by atoms with Crippen LogP contribution in [0.15, 0.2) is 53.4 Å². The van der Waals surface area contributed by atoms with E-state index < -0.39 is 10.0 Å². The molecular formula is C22H26N2O3S. The maximum atomic E-state index is 13.0. The Balaban J connectivity index is 1.59. The van der Waals surface area contributed by atoms with Crippen LogP contribution in [0.4, 0.5) is 5.69 Å². The summed E-state index contributed by atoms with van der Waals surface area (Å²) in [5.74, 6) is -0.0530. The summed E-state index contributed by atoms with van der Waals surface area (Å²) >= 11 is 0. The molecule has 0 bridgehead atoms. The Morgan fingerprint density at radius 3 is 2.46 bits per heavy atom. The molecule has 2 aromatic rings. The molecule has 0 spiro atoms. The highest BCUT2D eigenvalue weighted by Gasteiger charge is 2.33. The van der Waals surface area contributed by atoms with Gasteiger partial charge in [-0.25, -0.2) is 13.1 Å². The predicted octanol–water partition coefficient (Wildman–Crippen LogP) is 3.89. The molecule has 0 aromatic heterocycles. The molecule has 1 aliphatic heterocycles. The van der Waals surface area contributed by atoms with E-state index in [9.17, 15) is 13.2 Å². The van der Waals surface area contributed by atoms with Gasteiger partial charge in [-0.1, -0.05) is 37.5 Å². The zero-order valence-electron chi connectivity index (χ0n) is 16.1. The van der Waals surface area contributed by atoms with Gasteiger partial charge in [0.05, 0.1) is 4.90 Å². The van der Waals surface area contributed by atoms with Gasteiger partial charge in [-0.15, -0.1) is 0 Å². The Bertz CT molecular complexity index is 967. The zero-order chi connectivity index (χ0) is 19.7. The lowest BCUT2D eigenvalue weighted by molar-refractivity contribution is 0.0981. The third kappa shape index (κ3) is 3.71. The van der Waals surface area contributed by atoms with Crippen molar-refractivity contribution >= 4 is 21.6 Å². The minimum absolute atomic E-state index is 0.00744. The van der Waals surface area contributed by atoms with Gasteiger partial charge in [0.15, 0.2) is 0 Å². The minimum atomic E-state index is -3.54. The number of amides is 1. The average molecular weight is 399 g/mol. The normalized spacial score (nSPS) is 20.2. The molecule has 0 radical (unpaired) electrons. The average Bonchev–Trinajstić information content (AvgIpc) is 3.03. The quantitative estimate of drug-likeness (QED) is 0.850. The lowest BCUT2D eigenvalue weighted by Crippen LogP contribution is -2.36. The van der Waals surface area contributed by atoms with E-state index in [0.29, 0.717) is 12.0 Å². The molecule has 1 atom stereocenters. The molecule has 1 aliphatic carbocycles. The highest BCUT2D eigenvalue weighted by atomic mass is 32.2. The number of carbonyl (C=O) groups excluding carboxylic acids is 1. The molecular weight excluding hydrogens is 372 g/mol. The highest BCUT2D eigenvalue weighted by Crippen LogP contribution is 2.35. The Morgan fingerprint density at radius 2 is 1.75 bits per heavy atom. The Kier molecular flexibility index (Phi) is 5.25. The summed E-state index contributed by atoms with van der Waals surface area (Å²) in [5, 5.41) is 0. The van der Waals surface area contributed by atoms with E-state index in [2.05, 4.69) is 4.72 Å². The standard InChI is InChI=1S/C22H26N2O3S/c1-16-14-18-15-20(28(26,27)23-19-10-6-3-7-11-19)12-13-21(18)24(16)22(25)17-8-4-2-5-9-17/h2,4-5,8-9,12-13,15-16,19,23H,3,6-7,10-11,14H2,1H3/t16-/m0/s1. The van der Waals surface area contributed by atoms with E-state index >= 15 is 0 Å². The maximum Gasteiger partial charge on any atom is 0.258 e. The van der Waals surface area contributed by atoms with Crippen LogP contribution in [0.1, 0.15) is 54.9 Å². The predicted molar refractivity (Wildman–Crippen MR) is 110 cm³/mol. The summed E-state index contributed by atoms with van der Waals surface area (Å²) in [4.78, 5) is 15.0. The molecule has 28 heavy (non-hydrogen) atoms. The third-order valence-corrected chi connectivity index (χ3v) is 7.26. The molecule has 1 N–H and O–H groups in total. The number of sulfonamides is 1. The second kappa shape index (κ2) is 7.68. The SMILES string of the molecule is C[C@H]1Cc2cc(S(=O)(=O)NC3CCCCC3)ccc2N1C(=O)c1ccccc1. The molecule has 2 aliphatic rings. The largest absolute Gasteiger partial charge is 0.305 e. The number of rotatable bonds is 4. The number of anilines is 1. The Hall–Kier alpha value is -2.18. The van der Waals surface area contributed by atoms with Gasteiger partial charge < -0.3 is 4.90 Å². The van der Waals surface area contributed by atoms with Crippen molar-refractivity contribution in [1.29, 1.82) is 0 Å². The first kappa shape index (κ1) is 19.2. The fourth-order valence-corrected chi connectivity index (χ4v) is 5.67. The molecule has 148 valence electrons. The third-order valence-electron chi connectivity index (χ3n) is 5.74. The Morgan fingerprint density at radius 1 is 1.04 bits per heavy atom. The van der Waals surface area contributed by atoms with Gasteiger partial charge >= 0.3 is 0 Å². The number of nitrogens with one attached hydrogen (secondary N) is 1. The number of hydrogen-bond acceptors (Lipinski definition) is 3. The number of hydrogen-bond donors (Lipinski definition) is 1. The zero-order valence-corrected chi connectivity index (χ0v) is 16.9. The monoisotopic (exact) mass is 398 g/mol. The Labute approximate surface area is 166 Å². The second-order valence-electron chi connectivity index (χ2n) is 7.84. The van der Waals surface area contributed by atoms with E-state index in [1.54, 1.807) is 35.2 Å². The van der Waals surface area contributed by atoms with Gasteiger partial charge in [0, 0.05) is 23.3 Å². The van der Waals surface area contributed by atoms with Crippen molar-refractivity contribution in [1.82, 2.24) is 4.72 Å². The molecule has 0 saturated heterocycles. The van der Waals surface area contributed by atoms with Crippen molar-refractivity contribution in [3.05, 3.63) is 59.7 Å². The van der Waals surface area contributed by atoms with E-state index in [1.165, 1.54) is 6.42 Å². The highest BCUT2D eigenvalue weighted by molar-refractivity contribution is 7.89. The summed E-state index contributed by atoms with van der Waals surface area (Å²) in [6, 6.07) is 14.3. The van der Waals surface area contributed by atoms with Gasteiger partial charge in [0.2, 0.25) is 10.0 Å². The first-order valence-corrected chi connectivity index (χ1v) is 11.5. The lowest BCUT2D eigenvalue weighted by atomic mass is 9.96. The molecule has 1 saturated carbocycles. The van der Waals surface area contributed by atoms with Crippen LogP contribution in [0.3, 0.4) is 0 Å². The summed E-state index contributed by atoms with van der Waals surface area (Å²) in [5.41, 5.74) is 2.35. The van der Waals surface area contributed by atoms with Crippen molar-refractivity contribution in [2.45, 2.75) is 62.4 Å². The summed E-state index contributed by atoms with van der Waals surface area (Å²) in [6.45, 7) is 2.00. The number of nitrogens with zero attached hydrogens (tertiary/aromatic N) is 1. The first-order valence-electron chi connectivity index (χ1n) is 9.99. The van der Waals surface area contributed by atoms with Crippen LogP contribution in [0, 0.1) is 0 Å². The van der Waals surface area contributed by atoms with Crippen LogP contribution in [0.25, 0.3) is 0 Å². The molecule has 5 nitrogen and oxygen atoms in total. The molecule has 6 heteroatoms. The van der Waals surface area contributed by atoms with Crippen molar-refractivity contribution in [2.75, 3.05) is 4.90 Å². The molecule has 1 amide bonds. The molecule has 1 heterocycles. The second-order valence-corrected chi connectivity index (χ2v) is 9.56. The van der Waals surface area contributed by atoms with E-state index in [-0.39, 0.29) is 22.9 Å². The van der Waals surface area contributed by atoms with Gasteiger partial charge in [-0.2, -0.15) is 0 Å². The van der Waals surface area contributed by atoms with Crippen LogP contribution in [-0.4, -0.2) is 26.4 Å². The first-order chi connectivity index (χ1) is 13.5. The van der Waals surface area contributed by atoms with Gasteiger partial charge in [0.1, 0.15) is 0 Å². The van der Waals surface area contributed by atoms with Gasteiger partial charge in [-0.3, -0.25) is 4.79 Å². The van der Waals surface area contributed by atoms with Crippen LogP contribution in [0.5, 0.6) is 0 Å². The summed E-state index contributed by atoms with van der Waals surface area (Å²) in [6.07, 6.45) is 5.79. The van der Waals surface area contributed by atoms with E-state index in [0.717, 1.165) is 36.9 Å². The van der Waals surface area contributed by atoms with Gasteiger partial charge in [-0.05, 0) is 62.1 Å². The topological polar surface area (TPSA) is 66.5 Å². The summed E-state index contributed by atoms with van der Waals surface area (Å²) in [7, 11) is -3.54.